The molecule has 0 spiro atoms. The number of methoxy groups -OCH3 is 4. The molecule has 2 aromatic rings. The number of ether oxygens (including phenoxy) is 4. The van der Waals surface area contributed by atoms with Gasteiger partial charge in [-0.1, -0.05) is 26.0 Å². The third-order valence-corrected chi connectivity index (χ3v) is 5.00. The van der Waals surface area contributed by atoms with Crippen molar-refractivity contribution in [3.8, 4) is 17.2 Å². The maximum Gasteiger partial charge on any atom is 0.337 e. The third kappa shape index (κ3) is 6.38. The lowest BCUT2D eigenvalue weighted by atomic mass is 10.0. The van der Waals surface area contributed by atoms with Gasteiger partial charge < -0.3 is 29.6 Å². The average molecular weight is 459 g/mol. The predicted molar refractivity (Wildman–Crippen MR) is 122 cm³/mol. The van der Waals surface area contributed by atoms with E-state index in [1.807, 2.05) is 13.8 Å². The fourth-order valence-electron chi connectivity index (χ4n) is 3.15. The first-order valence-electron chi connectivity index (χ1n) is 10.3. The Bertz CT molecular complexity index is 962. The van der Waals surface area contributed by atoms with Gasteiger partial charge in [0.15, 0.2) is 11.5 Å². The minimum absolute atomic E-state index is 0.169. The highest BCUT2D eigenvalue weighted by Crippen LogP contribution is 2.38. The zero-order chi connectivity index (χ0) is 24.5. The maximum atomic E-state index is 12.9. The smallest absolute Gasteiger partial charge is 0.337 e. The molecule has 0 fully saturated rings. The van der Waals surface area contributed by atoms with Crippen molar-refractivity contribution in [2.24, 2.45) is 5.92 Å². The van der Waals surface area contributed by atoms with Gasteiger partial charge in [0.25, 0.3) is 5.91 Å². The molecule has 1 atom stereocenters. The Morgan fingerprint density at radius 1 is 0.848 bits per heavy atom. The molecular formula is C24H30N2O7. The van der Waals surface area contributed by atoms with E-state index >= 15 is 0 Å². The van der Waals surface area contributed by atoms with Crippen LogP contribution in [0.5, 0.6) is 17.2 Å². The monoisotopic (exact) mass is 458 g/mol. The highest BCUT2D eigenvalue weighted by atomic mass is 16.5. The van der Waals surface area contributed by atoms with E-state index in [2.05, 4.69) is 15.4 Å². The summed E-state index contributed by atoms with van der Waals surface area (Å²) in [4.78, 5) is 37.3. The van der Waals surface area contributed by atoms with Crippen LogP contribution in [0.3, 0.4) is 0 Å². The van der Waals surface area contributed by atoms with Crippen LogP contribution in [0.15, 0.2) is 36.4 Å². The first kappa shape index (κ1) is 25.5. The van der Waals surface area contributed by atoms with Crippen LogP contribution in [-0.2, 0) is 16.1 Å². The highest BCUT2D eigenvalue weighted by molar-refractivity contribution is 5.98. The molecule has 2 amide bonds. The van der Waals surface area contributed by atoms with Gasteiger partial charge in [0.2, 0.25) is 11.7 Å². The summed E-state index contributed by atoms with van der Waals surface area (Å²) in [6, 6.07) is 8.98. The van der Waals surface area contributed by atoms with Crippen LogP contribution in [0.2, 0.25) is 0 Å². The molecule has 2 aromatic carbocycles. The number of esters is 1. The number of nitrogens with one attached hydrogen (secondary N) is 2. The number of benzene rings is 2. The molecule has 9 heteroatoms. The summed E-state index contributed by atoms with van der Waals surface area (Å²) in [5.41, 5.74) is 1.49. The standard InChI is InChI=1S/C24H30N2O7/c1-14(2)20(23(28)25-13-15-7-9-16(10-8-15)24(29)33-6)26-22(27)17-11-18(30-3)21(32-5)19(12-17)31-4/h7-12,14,20H,13H2,1-6H3,(H,25,28)(H,26,27)/t20-/m1/s1. The van der Waals surface area contributed by atoms with Gasteiger partial charge in [-0.05, 0) is 35.7 Å². The molecule has 2 rings (SSSR count). The molecule has 178 valence electrons. The Morgan fingerprint density at radius 2 is 1.42 bits per heavy atom. The van der Waals surface area contributed by atoms with E-state index in [1.54, 1.807) is 24.3 Å². The minimum atomic E-state index is -0.772. The fourth-order valence-corrected chi connectivity index (χ4v) is 3.15. The molecule has 0 aliphatic rings. The van der Waals surface area contributed by atoms with Gasteiger partial charge in [-0.2, -0.15) is 0 Å². The van der Waals surface area contributed by atoms with Crippen LogP contribution in [0, 0.1) is 5.92 Å². The van der Waals surface area contributed by atoms with E-state index in [0.29, 0.717) is 22.8 Å². The fraction of sp³-hybridized carbons (Fsp3) is 0.375. The van der Waals surface area contributed by atoms with Crippen LogP contribution >= 0.6 is 0 Å². The Morgan fingerprint density at radius 3 is 1.88 bits per heavy atom. The molecule has 0 aromatic heterocycles. The summed E-state index contributed by atoms with van der Waals surface area (Å²) < 4.78 is 20.5. The van der Waals surface area contributed by atoms with Crippen molar-refractivity contribution < 1.29 is 33.3 Å². The molecule has 0 radical (unpaired) electrons. The van der Waals surface area contributed by atoms with Gasteiger partial charge in [-0.3, -0.25) is 9.59 Å². The highest BCUT2D eigenvalue weighted by Gasteiger charge is 2.26. The minimum Gasteiger partial charge on any atom is -0.493 e. The van der Waals surface area contributed by atoms with E-state index in [4.69, 9.17) is 14.2 Å². The first-order chi connectivity index (χ1) is 15.7. The van der Waals surface area contributed by atoms with Crippen LogP contribution < -0.4 is 24.8 Å². The van der Waals surface area contributed by atoms with Crippen molar-refractivity contribution >= 4 is 17.8 Å². The van der Waals surface area contributed by atoms with Crippen molar-refractivity contribution in [3.63, 3.8) is 0 Å². The molecule has 2 N–H and O–H groups in total. The number of hydrogen-bond acceptors (Lipinski definition) is 7. The second-order valence-corrected chi connectivity index (χ2v) is 7.52. The van der Waals surface area contributed by atoms with E-state index in [0.717, 1.165) is 5.56 Å². The summed E-state index contributed by atoms with van der Waals surface area (Å²) >= 11 is 0. The van der Waals surface area contributed by atoms with Gasteiger partial charge in [0.05, 0.1) is 34.0 Å². The second-order valence-electron chi connectivity index (χ2n) is 7.52. The number of carbonyl (C=O) groups excluding carboxylic acids is 3. The lowest BCUT2D eigenvalue weighted by molar-refractivity contribution is -0.124. The molecular weight excluding hydrogens is 428 g/mol. The largest absolute Gasteiger partial charge is 0.493 e. The lowest BCUT2D eigenvalue weighted by Crippen LogP contribution is -2.49. The number of amides is 2. The zero-order valence-corrected chi connectivity index (χ0v) is 19.7. The van der Waals surface area contributed by atoms with E-state index < -0.39 is 17.9 Å². The lowest BCUT2D eigenvalue weighted by Gasteiger charge is -2.22. The summed E-state index contributed by atoms with van der Waals surface area (Å²) in [5.74, 6) is -0.343. The number of carbonyl (C=O) groups is 3. The van der Waals surface area contributed by atoms with Gasteiger partial charge in [0, 0.05) is 12.1 Å². The number of rotatable bonds is 10. The maximum absolute atomic E-state index is 12.9. The first-order valence-corrected chi connectivity index (χ1v) is 10.3. The second kappa shape index (κ2) is 11.8. The SMILES string of the molecule is COC(=O)c1ccc(CNC(=O)[C@H](NC(=O)c2cc(OC)c(OC)c(OC)c2)C(C)C)cc1. The molecule has 9 nitrogen and oxygen atoms in total. The molecule has 0 heterocycles. The summed E-state index contributed by atoms with van der Waals surface area (Å²) in [5, 5.41) is 5.60. The van der Waals surface area contributed by atoms with Crippen molar-refractivity contribution in [1.29, 1.82) is 0 Å². The van der Waals surface area contributed by atoms with Crippen molar-refractivity contribution in [1.82, 2.24) is 10.6 Å². The van der Waals surface area contributed by atoms with Crippen molar-refractivity contribution in [3.05, 3.63) is 53.1 Å². The molecule has 33 heavy (non-hydrogen) atoms. The molecule has 0 unspecified atom stereocenters. The van der Waals surface area contributed by atoms with Gasteiger partial charge in [-0.25, -0.2) is 4.79 Å². The normalized spacial score (nSPS) is 11.4. The summed E-state index contributed by atoms with van der Waals surface area (Å²) in [6.07, 6.45) is 0. The van der Waals surface area contributed by atoms with Gasteiger partial charge >= 0.3 is 5.97 Å². The average Bonchev–Trinajstić information content (AvgIpc) is 2.84. The van der Waals surface area contributed by atoms with Crippen molar-refractivity contribution in [2.45, 2.75) is 26.4 Å². The molecule has 0 bridgehead atoms. The van der Waals surface area contributed by atoms with Crippen LogP contribution in [0.1, 0.15) is 40.1 Å². The summed E-state index contributed by atoms with van der Waals surface area (Å²) in [6.45, 7) is 3.92. The molecule has 0 aliphatic heterocycles. The third-order valence-electron chi connectivity index (χ3n) is 5.00. The van der Waals surface area contributed by atoms with Crippen LogP contribution in [-0.4, -0.2) is 52.3 Å². The Kier molecular flexibility index (Phi) is 9.08. The van der Waals surface area contributed by atoms with E-state index in [-0.39, 0.29) is 23.9 Å². The molecule has 0 aliphatic carbocycles. The van der Waals surface area contributed by atoms with Crippen LogP contribution in [0.4, 0.5) is 0 Å². The number of hydrogen-bond donors (Lipinski definition) is 2. The van der Waals surface area contributed by atoms with Crippen LogP contribution in [0.25, 0.3) is 0 Å². The van der Waals surface area contributed by atoms with E-state index in [9.17, 15) is 14.4 Å². The van der Waals surface area contributed by atoms with Gasteiger partial charge in [-0.15, -0.1) is 0 Å². The summed E-state index contributed by atoms with van der Waals surface area (Å²) in [7, 11) is 5.71. The molecule has 0 saturated carbocycles. The van der Waals surface area contributed by atoms with Crippen molar-refractivity contribution in [2.75, 3.05) is 28.4 Å². The molecule has 0 saturated heterocycles. The Hall–Kier alpha value is -3.75. The predicted octanol–water partition coefficient (Wildman–Crippen LogP) is 2.57. The van der Waals surface area contributed by atoms with E-state index in [1.165, 1.54) is 40.6 Å². The zero-order valence-electron chi connectivity index (χ0n) is 19.7. The quantitative estimate of drug-likeness (QED) is 0.526. The Labute approximate surface area is 193 Å². The Balaban J connectivity index is 2.11. The topological polar surface area (TPSA) is 112 Å². The van der Waals surface area contributed by atoms with Gasteiger partial charge in [0.1, 0.15) is 6.04 Å².